The highest BCUT2D eigenvalue weighted by Gasteiger charge is 2.06. The van der Waals surface area contributed by atoms with Gasteiger partial charge in [0.05, 0.1) is 6.10 Å². The third-order valence-electron chi connectivity index (χ3n) is 2.29. The zero-order chi connectivity index (χ0) is 13.5. The molecule has 0 heterocycles. The van der Waals surface area contributed by atoms with Crippen LogP contribution in [0.25, 0.3) is 0 Å². The molecule has 1 aromatic rings. The second-order valence-electron chi connectivity index (χ2n) is 3.85. The van der Waals surface area contributed by atoms with Crippen molar-refractivity contribution in [1.29, 1.82) is 0 Å². The molecule has 0 saturated carbocycles. The smallest absolute Gasteiger partial charge is 0.330 e. The quantitative estimate of drug-likeness (QED) is 0.792. The summed E-state index contributed by atoms with van der Waals surface area (Å²) in [5.41, 5.74) is 0.220. The molecule has 98 valence electrons. The van der Waals surface area contributed by atoms with Crippen LogP contribution in [0, 0.1) is 0 Å². The van der Waals surface area contributed by atoms with Gasteiger partial charge in [-0.15, -0.1) is 0 Å². The molecule has 0 radical (unpaired) electrons. The van der Waals surface area contributed by atoms with E-state index in [0.717, 1.165) is 4.47 Å². The standard InChI is InChI=1S/C13H15BrO4/c1-9(13(16)17)2-5-11(15)8-18-12-6-3-10(14)4-7-12/h2-4,6-7,11,15H,5,8H2,1H3,(H,16,17). The number of benzene rings is 1. The predicted molar refractivity (Wildman–Crippen MR) is 71.7 cm³/mol. The van der Waals surface area contributed by atoms with Gasteiger partial charge in [-0.1, -0.05) is 22.0 Å². The fraction of sp³-hybridized carbons (Fsp3) is 0.308. The summed E-state index contributed by atoms with van der Waals surface area (Å²) in [5.74, 6) is -0.313. The van der Waals surface area contributed by atoms with E-state index in [-0.39, 0.29) is 18.6 Å². The van der Waals surface area contributed by atoms with Crippen LogP contribution in [0.2, 0.25) is 0 Å². The maximum atomic E-state index is 10.5. The third-order valence-corrected chi connectivity index (χ3v) is 2.82. The first kappa shape index (κ1) is 14.7. The fourth-order valence-corrected chi connectivity index (χ4v) is 1.46. The molecule has 1 unspecified atom stereocenters. The molecule has 1 aromatic carbocycles. The number of aliphatic hydroxyl groups is 1. The molecule has 1 atom stereocenters. The summed E-state index contributed by atoms with van der Waals surface area (Å²) in [6.45, 7) is 1.62. The predicted octanol–water partition coefficient (Wildman–Crippen LogP) is 2.61. The highest BCUT2D eigenvalue weighted by Crippen LogP contribution is 2.16. The van der Waals surface area contributed by atoms with Crippen molar-refractivity contribution in [3.8, 4) is 5.75 Å². The lowest BCUT2D eigenvalue weighted by Crippen LogP contribution is -2.17. The van der Waals surface area contributed by atoms with Crippen molar-refractivity contribution in [1.82, 2.24) is 0 Å². The summed E-state index contributed by atoms with van der Waals surface area (Å²) >= 11 is 3.31. The lowest BCUT2D eigenvalue weighted by Gasteiger charge is -2.10. The molecule has 0 fully saturated rings. The lowest BCUT2D eigenvalue weighted by atomic mass is 10.2. The average Bonchev–Trinajstić information content (AvgIpc) is 2.35. The van der Waals surface area contributed by atoms with E-state index in [1.165, 1.54) is 13.0 Å². The van der Waals surface area contributed by atoms with Crippen LogP contribution < -0.4 is 4.74 Å². The lowest BCUT2D eigenvalue weighted by molar-refractivity contribution is -0.132. The molecule has 0 amide bonds. The van der Waals surface area contributed by atoms with E-state index in [1.807, 2.05) is 12.1 Å². The van der Waals surface area contributed by atoms with Gasteiger partial charge in [0.15, 0.2) is 0 Å². The minimum Gasteiger partial charge on any atom is -0.491 e. The van der Waals surface area contributed by atoms with Crippen molar-refractivity contribution in [3.05, 3.63) is 40.4 Å². The molecular weight excluding hydrogens is 300 g/mol. The highest BCUT2D eigenvalue weighted by atomic mass is 79.9. The number of aliphatic hydroxyl groups excluding tert-OH is 1. The maximum Gasteiger partial charge on any atom is 0.330 e. The average molecular weight is 315 g/mol. The Kier molecular flexibility index (Phi) is 5.88. The molecule has 0 spiro atoms. The number of hydrogen-bond acceptors (Lipinski definition) is 3. The summed E-state index contributed by atoms with van der Waals surface area (Å²) in [6.07, 6.45) is 1.02. The van der Waals surface area contributed by atoms with E-state index < -0.39 is 12.1 Å². The Labute approximate surface area is 114 Å². The van der Waals surface area contributed by atoms with Gasteiger partial charge in [-0.2, -0.15) is 0 Å². The van der Waals surface area contributed by atoms with Gasteiger partial charge in [-0.05, 0) is 37.6 Å². The van der Waals surface area contributed by atoms with Gasteiger partial charge in [0.2, 0.25) is 0 Å². The van der Waals surface area contributed by atoms with E-state index in [0.29, 0.717) is 5.75 Å². The summed E-state index contributed by atoms with van der Waals surface area (Å²) in [7, 11) is 0. The van der Waals surface area contributed by atoms with Crippen molar-refractivity contribution < 1.29 is 19.7 Å². The Morgan fingerprint density at radius 3 is 2.61 bits per heavy atom. The minimum absolute atomic E-state index is 0.130. The Balaban J connectivity index is 2.37. The summed E-state index contributed by atoms with van der Waals surface area (Å²) in [4.78, 5) is 10.5. The molecule has 2 N–H and O–H groups in total. The molecule has 18 heavy (non-hydrogen) atoms. The Hall–Kier alpha value is -1.33. The van der Waals surface area contributed by atoms with Gasteiger partial charge in [0, 0.05) is 10.0 Å². The van der Waals surface area contributed by atoms with Gasteiger partial charge < -0.3 is 14.9 Å². The first-order chi connectivity index (χ1) is 8.49. The zero-order valence-electron chi connectivity index (χ0n) is 9.97. The number of carboxylic acids is 1. The molecule has 0 saturated heterocycles. The second kappa shape index (κ2) is 7.18. The largest absolute Gasteiger partial charge is 0.491 e. The van der Waals surface area contributed by atoms with Crippen molar-refractivity contribution in [3.63, 3.8) is 0 Å². The topological polar surface area (TPSA) is 66.8 Å². The first-order valence-electron chi connectivity index (χ1n) is 5.45. The van der Waals surface area contributed by atoms with Crippen LogP contribution in [0.3, 0.4) is 0 Å². The van der Waals surface area contributed by atoms with Crippen molar-refractivity contribution in [2.45, 2.75) is 19.4 Å². The first-order valence-corrected chi connectivity index (χ1v) is 6.25. The van der Waals surface area contributed by atoms with Gasteiger partial charge in [0.1, 0.15) is 12.4 Å². The van der Waals surface area contributed by atoms with Crippen molar-refractivity contribution in [2.24, 2.45) is 0 Å². The maximum absolute atomic E-state index is 10.5. The van der Waals surface area contributed by atoms with Crippen LogP contribution in [0.1, 0.15) is 13.3 Å². The third kappa shape index (κ3) is 5.33. The number of carboxylic acid groups (broad SMARTS) is 1. The summed E-state index contributed by atoms with van der Waals surface area (Å²) in [6, 6.07) is 7.26. The molecule has 0 bridgehead atoms. The fourth-order valence-electron chi connectivity index (χ4n) is 1.19. The van der Waals surface area contributed by atoms with Crippen molar-refractivity contribution >= 4 is 21.9 Å². The number of ether oxygens (including phenoxy) is 1. The highest BCUT2D eigenvalue weighted by molar-refractivity contribution is 9.10. The van der Waals surface area contributed by atoms with Gasteiger partial charge >= 0.3 is 5.97 Å². The second-order valence-corrected chi connectivity index (χ2v) is 4.76. The van der Waals surface area contributed by atoms with Gasteiger partial charge in [0.25, 0.3) is 0 Å². The number of carbonyl (C=O) groups is 1. The SMILES string of the molecule is CC(=CCC(O)COc1ccc(Br)cc1)C(=O)O. The van der Waals surface area contributed by atoms with Crippen LogP contribution in [0.4, 0.5) is 0 Å². The van der Waals surface area contributed by atoms with Crippen LogP contribution in [-0.2, 0) is 4.79 Å². The number of rotatable bonds is 6. The van der Waals surface area contributed by atoms with E-state index in [1.54, 1.807) is 12.1 Å². The van der Waals surface area contributed by atoms with Crippen LogP contribution in [-0.4, -0.2) is 28.9 Å². The molecular formula is C13H15BrO4. The van der Waals surface area contributed by atoms with Gasteiger partial charge in [-0.25, -0.2) is 4.79 Å². The zero-order valence-corrected chi connectivity index (χ0v) is 11.6. The molecule has 0 aliphatic heterocycles. The molecule has 0 aliphatic carbocycles. The Bertz CT molecular complexity index is 425. The Morgan fingerprint density at radius 1 is 1.44 bits per heavy atom. The summed E-state index contributed by atoms with van der Waals surface area (Å²) < 4.78 is 6.32. The number of aliphatic carboxylic acids is 1. The molecule has 0 aliphatic rings. The molecule has 4 nitrogen and oxygen atoms in total. The normalized spacial score (nSPS) is 13.2. The van der Waals surface area contributed by atoms with E-state index in [4.69, 9.17) is 9.84 Å². The molecule has 1 rings (SSSR count). The number of halogens is 1. The van der Waals surface area contributed by atoms with Crippen LogP contribution in [0.15, 0.2) is 40.4 Å². The minimum atomic E-state index is -0.976. The van der Waals surface area contributed by atoms with E-state index in [2.05, 4.69) is 15.9 Å². The summed E-state index contributed by atoms with van der Waals surface area (Å²) in [5, 5.41) is 18.3. The monoisotopic (exact) mass is 314 g/mol. The van der Waals surface area contributed by atoms with E-state index in [9.17, 15) is 9.90 Å². The number of hydrogen-bond donors (Lipinski definition) is 2. The van der Waals surface area contributed by atoms with E-state index >= 15 is 0 Å². The van der Waals surface area contributed by atoms with Crippen LogP contribution in [0.5, 0.6) is 5.75 Å². The molecule has 5 heteroatoms. The Morgan fingerprint density at radius 2 is 2.06 bits per heavy atom. The van der Waals surface area contributed by atoms with Crippen molar-refractivity contribution in [2.75, 3.05) is 6.61 Å². The van der Waals surface area contributed by atoms with Crippen LogP contribution >= 0.6 is 15.9 Å². The van der Waals surface area contributed by atoms with Gasteiger partial charge in [-0.3, -0.25) is 0 Å². The molecule has 0 aromatic heterocycles.